The fraction of sp³-hybridized carbons (Fsp3) is 0.444. The molecular formula is C27H30F3N9O. The van der Waals surface area contributed by atoms with E-state index in [-0.39, 0.29) is 30.5 Å². The predicted octanol–water partition coefficient (Wildman–Crippen LogP) is 4.21. The van der Waals surface area contributed by atoms with Crippen LogP contribution in [0.1, 0.15) is 43.0 Å². The Hall–Kier alpha value is -3.84. The Morgan fingerprint density at radius 1 is 1.18 bits per heavy atom. The number of nitrogens with two attached hydrogens (primary N) is 1. The Bertz CT molecular complexity index is 1490. The van der Waals surface area contributed by atoms with Crippen LogP contribution in [0.15, 0.2) is 43.1 Å². The van der Waals surface area contributed by atoms with Gasteiger partial charge in [0.2, 0.25) is 5.88 Å². The summed E-state index contributed by atoms with van der Waals surface area (Å²) in [7, 11) is 0. The first-order valence-corrected chi connectivity index (χ1v) is 13.3. The van der Waals surface area contributed by atoms with E-state index in [9.17, 15) is 13.2 Å². The van der Waals surface area contributed by atoms with Crippen LogP contribution in [0.2, 0.25) is 0 Å². The molecule has 13 heteroatoms. The van der Waals surface area contributed by atoms with Crippen molar-refractivity contribution in [3.05, 3.63) is 54.4 Å². The highest BCUT2D eigenvalue weighted by Gasteiger charge is 2.46. The van der Waals surface area contributed by atoms with Crippen molar-refractivity contribution in [1.29, 1.82) is 5.41 Å². The van der Waals surface area contributed by atoms with E-state index in [1.165, 1.54) is 18.6 Å². The maximum Gasteiger partial charge on any atom is 0.433 e. The molecule has 210 valence electrons. The Balaban J connectivity index is 1.10. The number of fused-ring (bicyclic) bond motifs is 1. The number of pyridine rings is 1. The molecule has 0 aromatic carbocycles. The van der Waals surface area contributed by atoms with E-state index < -0.39 is 11.9 Å². The minimum Gasteiger partial charge on any atom is -0.474 e. The summed E-state index contributed by atoms with van der Waals surface area (Å²) in [6, 6.07) is 4.86. The molecule has 0 radical (unpaired) electrons. The van der Waals surface area contributed by atoms with Gasteiger partial charge >= 0.3 is 6.18 Å². The predicted molar refractivity (Wildman–Crippen MR) is 142 cm³/mol. The van der Waals surface area contributed by atoms with Crippen LogP contribution in [-0.4, -0.2) is 66.1 Å². The van der Waals surface area contributed by atoms with Crippen LogP contribution in [0.25, 0.3) is 22.3 Å². The second-order valence-electron chi connectivity index (χ2n) is 10.4. The highest BCUT2D eigenvalue weighted by Crippen LogP contribution is 2.45. The number of piperidine rings is 1. The third-order valence-corrected chi connectivity index (χ3v) is 8.05. The molecule has 0 spiro atoms. The number of H-pyrrole nitrogens is 1. The van der Waals surface area contributed by atoms with Gasteiger partial charge in [-0.25, -0.2) is 15.0 Å². The van der Waals surface area contributed by atoms with Gasteiger partial charge in [0.15, 0.2) is 0 Å². The summed E-state index contributed by atoms with van der Waals surface area (Å²) in [5, 5.41) is 13.4. The van der Waals surface area contributed by atoms with Gasteiger partial charge in [-0.15, -0.1) is 0 Å². The Labute approximate surface area is 228 Å². The minimum absolute atomic E-state index is 0.0229. The normalized spacial score (nSPS) is 22.4. The van der Waals surface area contributed by atoms with Crippen molar-refractivity contribution in [3.8, 4) is 17.1 Å². The molecule has 6 rings (SSSR count). The summed E-state index contributed by atoms with van der Waals surface area (Å²) < 4.78 is 47.6. The van der Waals surface area contributed by atoms with Crippen molar-refractivity contribution >= 4 is 17.2 Å². The molecule has 4 aromatic rings. The summed E-state index contributed by atoms with van der Waals surface area (Å²) in [5.41, 5.74) is 7.46. The maximum atomic E-state index is 13.2. The van der Waals surface area contributed by atoms with E-state index in [1.807, 2.05) is 29.3 Å². The number of ether oxygens (including phenoxy) is 1. The monoisotopic (exact) mass is 553 g/mol. The summed E-state index contributed by atoms with van der Waals surface area (Å²) in [6.07, 6.45) is 6.82. The van der Waals surface area contributed by atoms with Gasteiger partial charge in [-0.05, 0) is 49.6 Å². The molecule has 2 fully saturated rings. The average molecular weight is 554 g/mol. The summed E-state index contributed by atoms with van der Waals surface area (Å²) in [6.45, 7) is 1.50. The van der Waals surface area contributed by atoms with E-state index in [0.29, 0.717) is 30.9 Å². The highest BCUT2D eigenvalue weighted by molar-refractivity contribution is 5.89. The van der Waals surface area contributed by atoms with Gasteiger partial charge in [-0.3, -0.25) is 9.58 Å². The van der Waals surface area contributed by atoms with Crippen molar-refractivity contribution in [1.82, 2.24) is 34.6 Å². The fourth-order valence-electron chi connectivity index (χ4n) is 5.95. The Morgan fingerprint density at radius 2 is 2.00 bits per heavy atom. The third-order valence-electron chi connectivity index (χ3n) is 8.05. The van der Waals surface area contributed by atoms with Crippen LogP contribution in [0.4, 0.5) is 13.2 Å². The average Bonchev–Trinajstić information content (AvgIpc) is 3.61. The molecule has 4 aromatic heterocycles. The lowest BCUT2D eigenvalue weighted by atomic mass is 9.71. The first-order valence-electron chi connectivity index (χ1n) is 13.3. The smallest absolute Gasteiger partial charge is 0.433 e. The van der Waals surface area contributed by atoms with Crippen LogP contribution in [0, 0.1) is 11.3 Å². The molecule has 1 saturated heterocycles. The lowest BCUT2D eigenvalue weighted by Gasteiger charge is -2.51. The molecule has 0 amide bonds. The number of nitrogens with one attached hydrogen (secondary N) is 2. The zero-order chi connectivity index (χ0) is 27.9. The van der Waals surface area contributed by atoms with E-state index in [2.05, 4.69) is 29.9 Å². The van der Waals surface area contributed by atoms with Crippen molar-refractivity contribution in [2.24, 2.45) is 11.7 Å². The molecule has 1 saturated carbocycles. The topological polar surface area (TPSA) is 135 Å². The molecule has 2 aliphatic rings. The molecule has 3 unspecified atom stereocenters. The number of aromatic nitrogens is 6. The first kappa shape index (κ1) is 26.4. The number of halogens is 3. The SMILES string of the molecule is N=CCC1C(N2CCC(Oc3cc(CN)cc(C(F)(F)F)n3)CC2)CC1n1cc(-c2ncnc3[nH]ccc23)cn1. The summed E-state index contributed by atoms with van der Waals surface area (Å²) in [4.78, 5) is 17.9. The maximum absolute atomic E-state index is 13.2. The lowest BCUT2D eigenvalue weighted by Crippen LogP contribution is -2.56. The first-order chi connectivity index (χ1) is 19.3. The van der Waals surface area contributed by atoms with E-state index in [0.717, 1.165) is 47.9 Å². The molecule has 1 aliphatic heterocycles. The second kappa shape index (κ2) is 10.6. The fourth-order valence-corrected chi connectivity index (χ4v) is 5.95. The zero-order valence-electron chi connectivity index (χ0n) is 21.7. The Kier molecular flexibility index (Phi) is 7.00. The second-order valence-corrected chi connectivity index (χ2v) is 10.4. The van der Waals surface area contributed by atoms with Crippen molar-refractivity contribution < 1.29 is 17.9 Å². The van der Waals surface area contributed by atoms with E-state index >= 15 is 0 Å². The quantitative estimate of drug-likeness (QED) is 0.278. The number of hydrogen-bond donors (Lipinski definition) is 3. The minimum atomic E-state index is -4.56. The largest absolute Gasteiger partial charge is 0.474 e. The van der Waals surface area contributed by atoms with Gasteiger partial charge < -0.3 is 20.9 Å². The molecule has 10 nitrogen and oxygen atoms in total. The van der Waals surface area contributed by atoms with Crippen LogP contribution in [0.3, 0.4) is 0 Å². The summed E-state index contributed by atoms with van der Waals surface area (Å²) >= 11 is 0. The van der Waals surface area contributed by atoms with Crippen LogP contribution < -0.4 is 10.5 Å². The number of alkyl halides is 3. The number of nitrogens with zero attached hydrogens (tertiary/aromatic N) is 6. The van der Waals surface area contributed by atoms with E-state index in [4.69, 9.17) is 15.9 Å². The number of hydrogen-bond acceptors (Lipinski definition) is 8. The van der Waals surface area contributed by atoms with Gasteiger partial charge in [0.25, 0.3) is 0 Å². The van der Waals surface area contributed by atoms with Crippen molar-refractivity contribution in [3.63, 3.8) is 0 Å². The van der Waals surface area contributed by atoms with Gasteiger partial charge in [0.05, 0.1) is 17.9 Å². The lowest BCUT2D eigenvalue weighted by molar-refractivity contribution is -0.141. The third kappa shape index (κ3) is 5.06. The van der Waals surface area contributed by atoms with Gasteiger partial charge in [0.1, 0.15) is 23.8 Å². The van der Waals surface area contributed by atoms with Gasteiger partial charge in [0, 0.05) is 61.0 Å². The molecule has 4 N–H and O–H groups in total. The number of rotatable bonds is 8. The van der Waals surface area contributed by atoms with Crippen molar-refractivity contribution in [2.45, 2.75) is 56.6 Å². The molecular weight excluding hydrogens is 523 g/mol. The van der Waals surface area contributed by atoms with Gasteiger partial charge in [-0.1, -0.05) is 0 Å². The van der Waals surface area contributed by atoms with Crippen LogP contribution in [0.5, 0.6) is 5.88 Å². The van der Waals surface area contributed by atoms with Crippen LogP contribution >= 0.6 is 0 Å². The zero-order valence-corrected chi connectivity index (χ0v) is 21.7. The molecule has 40 heavy (non-hydrogen) atoms. The summed E-state index contributed by atoms with van der Waals surface area (Å²) in [5.74, 6) is 0.201. The molecule has 3 atom stereocenters. The Morgan fingerprint density at radius 3 is 2.75 bits per heavy atom. The number of aromatic amines is 1. The molecule has 5 heterocycles. The molecule has 0 bridgehead atoms. The van der Waals surface area contributed by atoms with E-state index in [1.54, 1.807) is 0 Å². The van der Waals surface area contributed by atoms with Crippen LogP contribution in [-0.2, 0) is 12.7 Å². The van der Waals surface area contributed by atoms with Crippen molar-refractivity contribution in [2.75, 3.05) is 13.1 Å². The molecule has 1 aliphatic carbocycles. The standard InChI is InChI=1S/C27H30F3N9O/c28-27(29,30)23-9-16(12-32)10-24(37-23)40-18-3-7-38(8-4-18)21-11-22(19(21)1-5-31)39-14-17(13-36-39)25-20-2-6-33-26(20)35-15-34-25/h2,5-6,9-10,13-15,18-19,21-22,31H,1,3-4,7-8,11-12,32H2,(H,33,34,35). The van der Waals surface area contributed by atoms with Gasteiger partial charge in [-0.2, -0.15) is 18.3 Å². The number of likely N-dealkylation sites (tertiary alicyclic amines) is 1. The highest BCUT2D eigenvalue weighted by atomic mass is 19.4.